The molecule has 1 fully saturated rings. The van der Waals surface area contributed by atoms with E-state index < -0.39 is 83.2 Å². The Kier molecular flexibility index (Phi) is 8.02. The van der Waals surface area contributed by atoms with Crippen LogP contribution in [0.25, 0.3) is 22.3 Å². The summed E-state index contributed by atoms with van der Waals surface area (Å²) in [6.45, 7) is 1.13. The fraction of sp³-hybridized carbons (Fsp3) is 0.400. The fourth-order valence-electron chi connectivity index (χ4n) is 4.23. The first kappa shape index (κ1) is 28.5. The number of phenolic OH excluding ortho intramolecular Hbond substituents is 3. The highest BCUT2D eigenvalue weighted by molar-refractivity contribution is 5.88. The highest BCUT2D eigenvalue weighted by Crippen LogP contribution is 2.37. The lowest BCUT2D eigenvalue weighted by atomic mass is 9.90. The van der Waals surface area contributed by atoms with E-state index in [1.165, 1.54) is 24.3 Å². The third-order valence-electron chi connectivity index (χ3n) is 6.42. The van der Waals surface area contributed by atoms with E-state index in [0.29, 0.717) is 0 Å². The van der Waals surface area contributed by atoms with Crippen molar-refractivity contribution in [1.29, 1.82) is 0 Å². The predicted molar refractivity (Wildman–Crippen MR) is 130 cm³/mol. The van der Waals surface area contributed by atoms with E-state index in [4.69, 9.17) is 13.9 Å². The summed E-state index contributed by atoms with van der Waals surface area (Å²) in [4.78, 5) is 13.5. The van der Waals surface area contributed by atoms with Gasteiger partial charge < -0.3 is 65.0 Å². The van der Waals surface area contributed by atoms with Crippen LogP contribution in [0.3, 0.4) is 0 Å². The Bertz CT molecular complexity index is 1370. The summed E-state index contributed by atoms with van der Waals surface area (Å²) in [5.74, 6) is -2.20. The molecular formula is C25H28O14. The third kappa shape index (κ3) is 5.36. The first-order valence-electron chi connectivity index (χ1n) is 11.7. The molecule has 4 rings (SSSR count). The SMILES string of the molecule is C[C@@H](O)[C@@H](O)[C@H](O)[C@@H](O)[C@H]1OC(Oc2c(-c3ccc(O)cc3)oc3cc(O)cc(O)c3c2=O)[C@H](O)[C@@H](O)[C@@H]1O. The largest absolute Gasteiger partial charge is 0.508 e. The number of benzene rings is 2. The maximum atomic E-state index is 13.5. The van der Waals surface area contributed by atoms with E-state index in [9.17, 15) is 55.9 Å². The summed E-state index contributed by atoms with van der Waals surface area (Å²) in [6.07, 6.45) is -17.5. The quantitative estimate of drug-likeness (QED) is 0.156. The number of hydrogen-bond acceptors (Lipinski definition) is 14. The van der Waals surface area contributed by atoms with E-state index >= 15 is 0 Å². The molecule has 2 heterocycles. The predicted octanol–water partition coefficient (Wildman–Crippen LogP) is -1.77. The molecule has 0 bridgehead atoms. The van der Waals surface area contributed by atoms with Crippen LogP contribution in [0.1, 0.15) is 6.92 Å². The van der Waals surface area contributed by atoms with Gasteiger partial charge in [0.2, 0.25) is 17.5 Å². The molecule has 14 heteroatoms. The molecule has 0 spiro atoms. The Hall–Kier alpha value is -3.47. The van der Waals surface area contributed by atoms with Gasteiger partial charge in [-0.15, -0.1) is 0 Å². The molecule has 1 aromatic heterocycles. The molecule has 10 N–H and O–H groups in total. The van der Waals surface area contributed by atoms with Crippen molar-refractivity contribution >= 4 is 11.0 Å². The minimum Gasteiger partial charge on any atom is -0.508 e. The van der Waals surface area contributed by atoms with Gasteiger partial charge in [0.05, 0.1) is 6.10 Å². The van der Waals surface area contributed by atoms with Crippen LogP contribution < -0.4 is 10.2 Å². The minimum atomic E-state index is -2.12. The van der Waals surface area contributed by atoms with Crippen molar-refractivity contribution in [3.63, 3.8) is 0 Å². The number of rotatable bonds is 7. The second-order valence-electron chi connectivity index (χ2n) is 9.25. The lowest BCUT2D eigenvalue weighted by Crippen LogP contribution is -2.64. The molecule has 1 saturated heterocycles. The van der Waals surface area contributed by atoms with Gasteiger partial charge in [-0.3, -0.25) is 4.79 Å². The highest BCUT2D eigenvalue weighted by atomic mass is 16.7. The normalized spacial score (nSPS) is 26.6. The summed E-state index contributed by atoms with van der Waals surface area (Å²) < 4.78 is 16.8. The van der Waals surface area contributed by atoms with E-state index in [-0.39, 0.29) is 22.7 Å². The van der Waals surface area contributed by atoms with E-state index in [2.05, 4.69) is 0 Å². The average Bonchev–Trinajstić information content (AvgIpc) is 2.88. The van der Waals surface area contributed by atoms with Crippen molar-refractivity contribution in [2.45, 2.75) is 62.0 Å². The first-order chi connectivity index (χ1) is 18.3. The second-order valence-corrected chi connectivity index (χ2v) is 9.25. The number of ether oxygens (including phenoxy) is 2. The molecule has 0 radical (unpaired) electrons. The van der Waals surface area contributed by atoms with Crippen molar-refractivity contribution in [2.75, 3.05) is 0 Å². The Balaban J connectivity index is 1.79. The van der Waals surface area contributed by atoms with Gasteiger partial charge >= 0.3 is 0 Å². The first-order valence-corrected chi connectivity index (χ1v) is 11.7. The molecule has 212 valence electrons. The fourth-order valence-corrected chi connectivity index (χ4v) is 4.23. The van der Waals surface area contributed by atoms with Gasteiger partial charge in [0.15, 0.2) is 5.76 Å². The zero-order chi connectivity index (χ0) is 28.8. The smallest absolute Gasteiger partial charge is 0.239 e. The summed E-state index contributed by atoms with van der Waals surface area (Å²) in [7, 11) is 0. The van der Waals surface area contributed by atoms with Crippen LogP contribution in [0.2, 0.25) is 0 Å². The molecular weight excluding hydrogens is 524 g/mol. The number of aliphatic hydroxyl groups excluding tert-OH is 7. The summed E-state index contributed by atoms with van der Waals surface area (Å²) in [5.41, 5.74) is -1.10. The molecule has 0 amide bonds. The van der Waals surface area contributed by atoms with E-state index in [1.807, 2.05) is 0 Å². The average molecular weight is 552 g/mol. The lowest BCUT2D eigenvalue weighted by Gasteiger charge is -2.43. The molecule has 1 aliphatic heterocycles. The highest BCUT2D eigenvalue weighted by Gasteiger charge is 2.50. The third-order valence-corrected chi connectivity index (χ3v) is 6.42. The van der Waals surface area contributed by atoms with Gasteiger partial charge in [0.1, 0.15) is 70.9 Å². The second kappa shape index (κ2) is 11.0. The van der Waals surface area contributed by atoms with Crippen LogP contribution in [0.4, 0.5) is 0 Å². The summed E-state index contributed by atoms with van der Waals surface area (Å²) >= 11 is 0. The van der Waals surface area contributed by atoms with Crippen LogP contribution in [-0.4, -0.2) is 106 Å². The summed E-state index contributed by atoms with van der Waals surface area (Å²) in [5, 5.41) is 101. The van der Waals surface area contributed by atoms with Crippen LogP contribution in [0.15, 0.2) is 45.6 Å². The van der Waals surface area contributed by atoms with Gasteiger partial charge in [-0.05, 0) is 31.2 Å². The van der Waals surface area contributed by atoms with Crippen molar-refractivity contribution in [3.8, 4) is 34.3 Å². The Morgan fingerprint density at radius 2 is 1.49 bits per heavy atom. The Morgan fingerprint density at radius 3 is 2.10 bits per heavy atom. The van der Waals surface area contributed by atoms with Crippen molar-refractivity contribution in [1.82, 2.24) is 0 Å². The van der Waals surface area contributed by atoms with E-state index in [0.717, 1.165) is 19.1 Å². The van der Waals surface area contributed by atoms with Gasteiger partial charge in [0.25, 0.3) is 0 Å². The maximum absolute atomic E-state index is 13.5. The molecule has 39 heavy (non-hydrogen) atoms. The van der Waals surface area contributed by atoms with Gasteiger partial charge in [-0.25, -0.2) is 0 Å². The number of phenols is 3. The molecule has 0 saturated carbocycles. The van der Waals surface area contributed by atoms with E-state index in [1.54, 1.807) is 0 Å². The monoisotopic (exact) mass is 552 g/mol. The van der Waals surface area contributed by atoms with Gasteiger partial charge in [-0.2, -0.15) is 0 Å². The molecule has 0 aliphatic carbocycles. The molecule has 2 aromatic carbocycles. The van der Waals surface area contributed by atoms with Crippen LogP contribution >= 0.6 is 0 Å². The standard InChI is InChI=1S/C25H28O14/c1-8(26)15(30)17(32)19(34)23-20(35)18(33)21(36)25(38-23)39-24-16(31)14-12(29)6-11(28)7-13(14)37-22(24)9-2-4-10(27)5-3-9/h2-8,15,17-21,23,25-30,32-36H,1H3/t8-,15-,17+,18+,19-,20+,21-,23-,25?/m1/s1. The molecule has 14 nitrogen and oxygen atoms in total. The molecule has 1 aliphatic rings. The molecule has 9 atom stereocenters. The number of aliphatic hydroxyl groups is 7. The number of hydrogen-bond donors (Lipinski definition) is 10. The topological polar surface area (TPSA) is 251 Å². The van der Waals surface area contributed by atoms with Crippen molar-refractivity contribution in [3.05, 3.63) is 46.6 Å². The van der Waals surface area contributed by atoms with Crippen molar-refractivity contribution in [2.24, 2.45) is 0 Å². The van der Waals surface area contributed by atoms with Gasteiger partial charge in [0, 0.05) is 17.7 Å². The number of aromatic hydroxyl groups is 3. The Morgan fingerprint density at radius 1 is 0.846 bits per heavy atom. The van der Waals surface area contributed by atoms with Crippen LogP contribution in [0.5, 0.6) is 23.0 Å². The minimum absolute atomic E-state index is 0.127. The zero-order valence-corrected chi connectivity index (χ0v) is 20.3. The number of fused-ring (bicyclic) bond motifs is 1. The van der Waals surface area contributed by atoms with Crippen LogP contribution in [0, 0.1) is 0 Å². The Labute approximate surface area is 219 Å². The summed E-state index contributed by atoms with van der Waals surface area (Å²) in [6, 6.07) is 7.12. The molecule has 3 aromatic rings. The van der Waals surface area contributed by atoms with Gasteiger partial charge in [-0.1, -0.05) is 0 Å². The molecule has 1 unspecified atom stereocenters. The zero-order valence-electron chi connectivity index (χ0n) is 20.3. The van der Waals surface area contributed by atoms with Crippen LogP contribution in [-0.2, 0) is 4.74 Å². The maximum Gasteiger partial charge on any atom is 0.239 e. The van der Waals surface area contributed by atoms with Crippen molar-refractivity contribution < 1.29 is 65.0 Å². The lowest BCUT2D eigenvalue weighted by molar-refractivity contribution is -0.298.